The van der Waals surface area contributed by atoms with Crippen molar-refractivity contribution in [2.45, 2.75) is 122 Å². The number of unbranched alkanes of at least 4 members (excludes halogenated alkanes) is 2. The summed E-state index contributed by atoms with van der Waals surface area (Å²) in [5.74, 6) is -2.59. The van der Waals surface area contributed by atoms with Gasteiger partial charge in [-0.1, -0.05) is 32.6 Å². The number of benzene rings is 1. The maximum atomic E-state index is 14.2. The molecule has 31 heteroatoms. The Kier molecular flexibility index (Phi) is 24.1. The molecular formula is C64H79N13O17S. The summed E-state index contributed by atoms with van der Waals surface area (Å²) in [6.07, 6.45) is 6.34. The molecule has 6 heterocycles. The number of carboxylic acid groups (broad SMARTS) is 3. The van der Waals surface area contributed by atoms with Crippen LogP contribution in [0.4, 0.5) is 5.69 Å². The number of hydrogen-bond donors (Lipinski definition) is 7. The molecule has 0 spiro atoms. The normalized spacial score (nSPS) is 17.8. The Morgan fingerprint density at radius 3 is 1.96 bits per heavy atom. The number of carbonyl (C=O) groups excluding carboxylic acids is 6. The molecule has 0 radical (unpaired) electrons. The number of fused-ring (bicyclic) bond motifs is 5. The van der Waals surface area contributed by atoms with Gasteiger partial charge in [0.1, 0.15) is 24.1 Å². The number of sulfone groups is 1. The fourth-order valence-corrected chi connectivity index (χ4v) is 12.4. The average Bonchev–Trinajstić information content (AvgIpc) is 1.60. The van der Waals surface area contributed by atoms with Crippen molar-refractivity contribution in [2.24, 2.45) is 15.9 Å². The smallest absolute Gasteiger partial charge is 0.343 e. The Morgan fingerprint density at radius 1 is 0.779 bits per heavy atom. The number of carboxylic acids is 3. The van der Waals surface area contributed by atoms with E-state index < -0.39 is 80.8 Å². The van der Waals surface area contributed by atoms with Crippen molar-refractivity contribution in [2.75, 3.05) is 96.7 Å². The van der Waals surface area contributed by atoms with Crippen molar-refractivity contribution in [3.8, 4) is 23.2 Å². The van der Waals surface area contributed by atoms with Gasteiger partial charge < -0.3 is 45.7 Å². The van der Waals surface area contributed by atoms with E-state index in [0.717, 1.165) is 28.3 Å². The zero-order chi connectivity index (χ0) is 68.9. The number of cyclic esters (lactones) is 1. The molecule has 1 fully saturated rings. The van der Waals surface area contributed by atoms with Gasteiger partial charge in [-0.2, -0.15) is 0 Å². The number of anilines is 1. The van der Waals surface area contributed by atoms with Crippen LogP contribution in [0.25, 0.3) is 22.3 Å². The van der Waals surface area contributed by atoms with Gasteiger partial charge in [-0.3, -0.25) is 62.8 Å². The highest BCUT2D eigenvalue weighted by Gasteiger charge is 2.46. The molecule has 4 aromatic rings. The number of hydrogen-bond acceptors (Lipinski definition) is 21. The van der Waals surface area contributed by atoms with Crippen LogP contribution in [0.3, 0.4) is 0 Å². The number of aliphatic imine (C=N–C) groups is 2. The van der Waals surface area contributed by atoms with Gasteiger partial charge in [-0.15, -0.1) is 0 Å². The van der Waals surface area contributed by atoms with Crippen LogP contribution >= 0.6 is 0 Å². The molecule has 5 amide bonds. The second-order valence-electron chi connectivity index (χ2n) is 24.2. The molecular weight excluding hydrogens is 1250 g/mol. The molecule has 3 aliphatic heterocycles. The molecule has 1 saturated heterocycles. The molecule has 4 aliphatic rings. The number of aliphatic carboxylic acids is 3. The Morgan fingerprint density at radius 2 is 1.38 bits per heavy atom. The number of pyridine rings is 2. The first-order valence-corrected chi connectivity index (χ1v) is 33.3. The summed E-state index contributed by atoms with van der Waals surface area (Å²) >= 11 is 0. The number of aliphatic hydroxyl groups is 1. The van der Waals surface area contributed by atoms with Gasteiger partial charge in [-0.05, 0) is 87.6 Å². The number of carbonyl (C=O) groups is 9. The van der Waals surface area contributed by atoms with Crippen LogP contribution in [0, 0.1) is 17.8 Å². The predicted molar refractivity (Wildman–Crippen MR) is 344 cm³/mol. The maximum Gasteiger partial charge on any atom is 0.343 e. The number of aryl methyl sites for hydroxylation is 2. The highest BCUT2D eigenvalue weighted by Crippen LogP contribution is 2.43. The van der Waals surface area contributed by atoms with Crippen LogP contribution in [-0.2, 0) is 89.3 Å². The van der Waals surface area contributed by atoms with E-state index in [2.05, 4.69) is 47.7 Å². The molecule has 0 bridgehead atoms. The van der Waals surface area contributed by atoms with E-state index in [0.29, 0.717) is 53.8 Å². The van der Waals surface area contributed by atoms with Crippen molar-refractivity contribution in [1.29, 1.82) is 0 Å². The lowest BCUT2D eigenvalue weighted by Crippen LogP contribution is -2.49. The third-order valence-corrected chi connectivity index (χ3v) is 17.8. The molecule has 0 unspecified atom stereocenters. The SMILES string of the molecule is CC[C@@]1(O)C(=O)OCc2c1cc1n(c2=O)Cc2c-1nc1ccc(NC(=O)C(C)=NC(=O)C(=NC(=O)[C@H](CCCCNC(=O)CN3CCN(CC(=O)O)CCN(CC(=O)O)CCN(CC(=O)O)CC3)NC(=O)CCCC#Cc3cnc(S(C)(=O)=O)nc3)C(C)C)c3c1c2CCC3. The zero-order valence-electron chi connectivity index (χ0n) is 53.7. The average molecular weight is 1330 g/mol. The number of amides is 5. The van der Waals surface area contributed by atoms with Crippen LogP contribution in [0.5, 0.6) is 0 Å². The zero-order valence-corrected chi connectivity index (χ0v) is 54.5. The van der Waals surface area contributed by atoms with E-state index in [4.69, 9.17) is 9.72 Å². The largest absolute Gasteiger partial charge is 0.480 e. The van der Waals surface area contributed by atoms with E-state index in [-0.39, 0.29) is 170 Å². The fraction of sp³-hybridized carbons (Fsp3) is 0.516. The molecule has 95 heavy (non-hydrogen) atoms. The van der Waals surface area contributed by atoms with E-state index in [9.17, 15) is 76.8 Å². The quantitative estimate of drug-likeness (QED) is 0.0148. The summed E-state index contributed by atoms with van der Waals surface area (Å²) < 4.78 is 30.3. The van der Waals surface area contributed by atoms with Crippen LogP contribution in [0.1, 0.15) is 112 Å². The minimum Gasteiger partial charge on any atom is -0.480 e. The van der Waals surface area contributed by atoms with Crippen molar-refractivity contribution < 1.29 is 76.7 Å². The third-order valence-electron chi connectivity index (χ3n) is 16.9. The molecule has 30 nitrogen and oxygen atoms in total. The van der Waals surface area contributed by atoms with Gasteiger partial charge in [0.25, 0.3) is 23.3 Å². The van der Waals surface area contributed by atoms with E-state index in [1.165, 1.54) is 19.3 Å². The van der Waals surface area contributed by atoms with E-state index in [1.54, 1.807) is 63.1 Å². The van der Waals surface area contributed by atoms with Gasteiger partial charge in [0.05, 0.1) is 60.8 Å². The number of nitrogens with one attached hydrogen (secondary N) is 3. The summed E-state index contributed by atoms with van der Waals surface area (Å²) in [5.41, 5.74) is 2.45. The number of ether oxygens (including phenoxy) is 1. The fourth-order valence-electron chi connectivity index (χ4n) is 11.9. The molecule has 508 valence electrons. The Labute approximate surface area is 547 Å². The first-order chi connectivity index (χ1) is 45.1. The first-order valence-electron chi connectivity index (χ1n) is 31.4. The number of esters is 1. The lowest BCUT2D eigenvalue weighted by Gasteiger charge is -2.32. The molecule has 3 aromatic heterocycles. The highest BCUT2D eigenvalue weighted by atomic mass is 32.2. The van der Waals surface area contributed by atoms with Crippen LogP contribution in [0.15, 0.2) is 50.5 Å². The van der Waals surface area contributed by atoms with Gasteiger partial charge in [0.2, 0.25) is 26.8 Å². The van der Waals surface area contributed by atoms with Crippen molar-refractivity contribution in [3.05, 3.63) is 74.3 Å². The van der Waals surface area contributed by atoms with E-state index >= 15 is 0 Å². The monoisotopic (exact) mass is 1330 g/mol. The molecule has 7 N–H and O–H groups in total. The Balaban J connectivity index is 0.937. The molecule has 0 saturated carbocycles. The van der Waals surface area contributed by atoms with Crippen molar-refractivity contribution in [3.63, 3.8) is 0 Å². The number of rotatable bonds is 24. The van der Waals surface area contributed by atoms with Gasteiger partial charge in [0.15, 0.2) is 5.60 Å². The first kappa shape index (κ1) is 71.8. The maximum absolute atomic E-state index is 14.2. The van der Waals surface area contributed by atoms with Gasteiger partial charge >= 0.3 is 23.9 Å². The summed E-state index contributed by atoms with van der Waals surface area (Å²) in [4.78, 5) is 159. The number of aromatic nitrogens is 4. The highest BCUT2D eigenvalue weighted by molar-refractivity contribution is 7.90. The second kappa shape index (κ2) is 31.9. The lowest BCUT2D eigenvalue weighted by atomic mass is 9.85. The summed E-state index contributed by atoms with van der Waals surface area (Å²) in [6, 6.07) is 3.83. The van der Waals surface area contributed by atoms with Gasteiger partial charge in [-0.25, -0.2) is 38.1 Å². The molecule has 8 rings (SSSR count). The van der Waals surface area contributed by atoms with Gasteiger partial charge in [0, 0.05) is 119 Å². The third kappa shape index (κ3) is 18.5. The second-order valence-corrected chi connectivity index (χ2v) is 26.1. The van der Waals surface area contributed by atoms with Crippen molar-refractivity contribution >= 4 is 91.3 Å². The summed E-state index contributed by atoms with van der Waals surface area (Å²) in [6.45, 7) is 6.82. The topological polar surface area (TPSA) is 412 Å². The van der Waals surface area contributed by atoms with E-state index in [1.807, 2.05) is 0 Å². The van der Waals surface area contributed by atoms with Crippen LogP contribution in [0.2, 0.25) is 0 Å². The minimum absolute atomic E-state index is 0.00405. The Hall–Kier alpha value is -9.06. The standard InChI is InChI=1S/C64H79N13O17S/c1-6-64(91)45-29-49-57-43(32-77(49)61(89)44(45)37-94-62(64)90)41-14-12-15-42-46(18-19-47(70-57)55(41)42)71-58(86)39(4)68-60(88)56(38(2)3)72-59(87)48(69-50(78)17-9-7-8-13-40-30-66-63(67-31-40)95(5,92)93)16-10-11-20-65-51(79)33-73-21-23-74(34-52(80)81)25-27-76(36-54(84)85)28-26-75(24-22-73)35-53(82)83/h18-19,29-31,38,48,91H,6-7,9-12,14-17,20-28,32-37H2,1-5H3,(H,65,79)(H,69,78)(H,71,86)(H,80,81)(H,82,83)(H,84,85)/t48-,64-/m0/s1. The Bertz CT molecular complexity index is 3960. The summed E-state index contributed by atoms with van der Waals surface area (Å²) in [7, 11) is -3.62. The molecule has 1 aromatic carbocycles. The van der Waals surface area contributed by atoms with Crippen molar-refractivity contribution in [1.82, 2.24) is 49.8 Å². The molecule has 2 atom stereocenters. The lowest BCUT2D eigenvalue weighted by molar-refractivity contribution is -0.172. The predicted octanol–water partition coefficient (Wildman–Crippen LogP) is 0.780. The molecule has 1 aliphatic carbocycles. The van der Waals surface area contributed by atoms with Crippen LogP contribution in [-0.4, -0.2) is 230 Å². The number of nitrogens with zero attached hydrogens (tertiary/aromatic N) is 10. The van der Waals surface area contributed by atoms with Crippen LogP contribution < -0.4 is 21.5 Å². The minimum atomic E-state index is -3.62. The summed E-state index contributed by atoms with van der Waals surface area (Å²) in [5, 5.41) is 49.1.